The van der Waals surface area contributed by atoms with Gasteiger partial charge in [-0.15, -0.1) is 0 Å². The van der Waals surface area contributed by atoms with E-state index in [0.717, 1.165) is 68.8 Å². The lowest BCUT2D eigenvalue weighted by molar-refractivity contribution is 0.316. The number of hydrogen-bond acceptors (Lipinski definition) is 7. The van der Waals surface area contributed by atoms with Crippen LogP contribution in [0.4, 0.5) is 11.8 Å². The summed E-state index contributed by atoms with van der Waals surface area (Å²) in [5, 5.41) is 7.14. The molecule has 30 heavy (non-hydrogen) atoms. The van der Waals surface area contributed by atoms with Crippen molar-refractivity contribution in [3.8, 4) is 0 Å². The zero-order valence-electron chi connectivity index (χ0n) is 18.6. The maximum Gasteiger partial charge on any atom is 0.227 e. The van der Waals surface area contributed by atoms with E-state index in [2.05, 4.69) is 33.9 Å². The molecule has 2 aromatic heterocycles. The minimum atomic E-state index is 0.340. The predicted molar refractivity (Wildman–Crippen MR) is 123 cm³/mol. The molecule has 2 aliphatic rings. The molecule has 166 valence electrons. The smallest absolute Gasteiger partial charge is 0.227 e. The van der Waals surface area contributed by atoms with E-state index in [1.54, 1.807) is 0 Å². The first-order valence-electron chi connectivity index (χ1n) is 11.9. The molecule has 2 aromatic rings. The highest BCUT2D eigenvalue weighted by Crippen LogP contribution is 2.33. The third kappa shape index (κ3) is 4.86. The monoisotopic (exact) mass is 414 g/mol. The highest BCUT2D eigenvalue weighted by atomic mass is 15.2. The van der Waals surface area contributed by atoms with Crippen LogP contribution in [-0.2, 0) is 0 Å². The maximum absolute atomic E-state index is 6.08. The molecule has 0 amide bonds. The van der Waals surface area contributed by atoms with Gasteiger partial charge in [-0.3, -0.25) is 0 Å². The summed E-state index contributed by atoms with van der Waals surface area (Å²) < 4.78 is 2.28. The fourth-order valence-electron chi connectivity index (χ4n) is 4.87. The summed E-state index contributed by atoms with van der Waals surface area (Å²) in [6.07, 6.45) is 11.3. The molecule has 0 aliphatic heterocycles. The van der Waals surface area contributed by atoms with Crippen molar-refractivity contribution in [3.05, 3.63) is 6.33 Å². The number of nitrogens with zero attached hydrogens (tertiary/aromatic N) is 5. The SMILES string of the molecule is CCN(CC)CCNc1nc(N[C@H]2CC[C@H](N)CC2)nc2c1ncn2C1CCCC1. The number of hydrogen-bond donors (Lipinski definition) is 3. The van der Waals surface area contributed by atoms with Gasteiger partial charge in [-0.1, -0.05) is 26.7 Å². The fraction of sp³-hybridized carbons (Fsp3) is 0.773. The third-order valence-electron chi connectivity index (χ3n) is 6.86. The minimum Gasteiger partial charge on any atom is -0.367 e. The van der Waals surface area contributed by atoms with Crippen molar-refractivity contribution < 1.29 is 0 Å². The molecule has 8 heteroatoms. The van der Waals surface area contributed by atoms with E-state index in [4.69, 9.17) is 20.7 Å². The number of rotatable bonds is 9. The molecule has 0 atom stereocenters. The number of anilines is 2. The molecule has 0 bridgehead atoms. The Morgan fingerprint density at radius 3 is 2.50 bits per heavy atom. The van der Waals surface area contributed by atoms with Crippen molar-refractivity contribution in [2.75, 3.05) is 36.8 Å². The summed E-state index contributed by atoms with van der Waals surface area (Å²) in [4.78, 5) is 16.9. The van der Waals surface area contributed by atoms with Gasteiger partial charge >= 0.3 is 0 Å². The fourth-order valence-corrected chi connectivity index (χ4v) is 4.87. The zero-order chi connectivity index (χ0) is 20.9. The van der Waals surface area contributed by atoms with Crippen molar-refractivity contribution in [3.63, 3.8) is 0 Å². The molecule has 2 saturated carbocycles. The number of fused-ring (bicyclic) bond motifs is 1. The van der Waals surface area contributed by atoms with Gasteiger partial charge in [0.2, 0.25) is 5.95 Å². The van der Waals surface area contributed by atoms with Crippen LogP contribution in [0.25, 0.3) is 11.2 Å². The Hall–Kier alpha value is -1.93. The van der Waals surface area contributed by atoms with Gasteiger partial charge in [0.1, 0.15) is 0 Å². The van der Waals surface area contributed by atoms with Crippen LogP contribution >= 0.6 is 0 Å². The Morgan fingerprint density at radius 1 is 1.07 bits per heavy atom. The Morgan fingerprint density at radius 2 is 1.80 bits per heavy atom. The molecule has 8 nitrogen and oxygen atoms in total. The lowest BCUT2D eigenvalue weighted by Crippen LogP contribution is -2.33. The largest absolute Gasteiger partial charge is 0.367 e. The highest BCUT2D eigenvalue weighted by molar-refractivity contribution is 5.84. The summed E-state index contributed by atoms with van der Waals surface area (Å²) in [7, 11) is 0. The van der Waals surface area contributed by atoms with Crippen LogP contribution in [-0.4, -0.2) is 62.7 Å². The Balaban J connectivity index is 1.57. The highest BCUT2D eigenvalue weighted by Gasteiger charge is 2.23. The summed E-state index contributed by atoms with van der Waals surface area (Å²) >= 11 is 0. The van der Waals surface area contributed by atoms with Crippen molar-refractivity contribution >= 4 is 22.9 Å². The molecule has 4 rings (SSSR count). The van der Waals surface area contributed by atoms with E-state index < -0.39 is 0 Å². The lowest BCUT2D eigenvalue weighted by atomic mass is 9.92. The van der Waals surface area contributed by atoms with Gasteiger partial charge in [-0.05, 0) is 51.6 Å². The molecular formula is C22H38N8. The van der Waals surface area contributed by atoms with E-state index in [1.165, 1.54) is 25.7 Å². The lowest BCUT2D eigenvalue weighted by Gasteiger charge is -2.27. The molecule has 0 unspecified atom stereocenters. The Bertz CT molecular complexity index is 801. The quantitative estimate of drug-likeness (QED) is 0.579. The summed E-state index contributed by atoms with van der Waals surface area (Å²) in [5.74, 6) is 1.56. The molecule has 2 heterocycles. The molecule has 0 aromatic carbocycles. The molecule has 0 saturated heterocycles. The van der Waals surface area contributed by atoms with E-state index in [0.29, 0.717) is 24.1 Å². The van der Waals surface area contributed by atoms with Crippen LogP contribution in [0, 0.1) is 0 Å². The van der Waals surface area contributed by atoms with Crippen LogP contribution in [0.5, 0.6) is 0 Å². The second-order valence-corrected chi connectivity index (χ2v) is 8.87. The van der Waals surface area contributed by atoms with Crippen molar-refractivity contribution in [2.24, 2.45) is 5.73 Å². The second-order valence-electron chi connectivity index (χ2n) is 8.87. The maximum atomic E-state index is 6.08. The van der Waals surface area contributed by atoms with Gasteiger partial charge in [0.15, 0.2) is 17.0 Å². The summed E-state index contributed by atoms with van der Waals surface area (Å²) in [5.41, 5.74) is 7.92. The number of nitrogens with one attached hydrogen (secondary N) is 2. The van der Waals surface area contributed by atoms with Gasteiger partial charge in [0, 0.05) is 31.2 Å². The van der Waals surface area contributed by atoms with E-state index in [-0.39, 0.29) is 0 Å². The van der Waals surface area contributed by atoms with Gasteiger partial charge in [-0.25, -0.2) is 4.98 Å². The standard InChI is InChI=1S/C22H38N8/c1-3-29(4-2)14-13-24-20-19-21(30(15-25-19)18-7-5-6-8-18)28-22(27-20)26-17-11-9-16(23)10-12-17/h15-18H,3-14,23H2,1-2H3,(H2,24,26,27,28)/t16-,17-. The first-order chi connectivity index (χ1) is 14.7. The van der Waals surface area contributed by atoms with Crippen LogP contribution < -0.4 is 16.4 Å². The predicted octanol–water partition coefficient (Wildman–Crippen LogP) is 3.38. The third-order valence-corrected chi connectivity index (χ3v) is 6.86. The van der Waals surface area contributed by atoms with Crippen molar-refractivity contribution in [1.29, 1.82) is 0 Å². The van der Waals surface area contributed by atoms with Crippen LogP contribution in [0.3, 0.4) is 0 Å². The van der Waals surface area contributed by atoms with Gasteiger partial charge < -0.3 is 25.8 Å². The average molecular weight is 415 g/mol. The van der Waals surface area contributed by atoms with Gasteiger partial charge in [-0.2, -0.15) is 9.97 Å². The number of nitrogens with two attached hydrogens (primary N) is 1. The summed E-state index contributed by atoms with van der Waals surface area (Å²) in [6, 6.07) is 1.25. The topological polar surface area (TPSA) is 96.9 Å². The molecular weight excluding hydrogens is 376 g/mol. The molecule has 4 N–H and O–H groups in total. The zero-order valence-corrected chi connectivity index (χ0v) is 18.6. The second kappa shape index (κ2) is 9.92. The van der Waals surface area contributed by atoms with Crippen LogP contribution in [0.1, 0.15) is 71.3 Å². The van der Waals surface area contributed by atoms with Gasteiger partial charge in [0.25, 0.3) is 0 Å². The number of aromatic nitrogens is 4. The Labute approximate surface area is 180 Å². The number of imidazole rings is 1. The van der Waals surface area contributed by atoms with Gasteiger partial charge in [0.05, 0.1) is 6.33 Å². The van der Waals surface area contributed by atoms with E-state index >= 15 is 0 Å². The van der Waals surface area contributed by atoms with E-state index in [9.17, 15) is 0 Å². The Kier molecular flexibility index (Phi) is 7.04. The number of likely N-dealkylation sites (N-methyl/N-ethyl adjacent to an activating group) is 1. The average Bonchev–Trinajstić information content (AvgIpc) is 3.42. The van der Waals surface area contributed by atoms with Crippen molar-refractivity contribution in [2.45, 2.75) is 83.3 Å². The molecule has 2 aliphatic carbocycles. The van der Waals surface area contributed by atoms with E-state index in [1.807, 2.05) is 6.33 Å². The molecule has 0 spiro atoms. The van der Waals surface area contributed by atoms with Crippen LogP contribution in [0.2, 0.25) is 0 Å². The molecule has 0 radical (unpaired) electrons. The first-order valence-corrected chi connectivity index (χ1v) is 11.9. The van der Waals surface area contributed by atoms with Crippen molar-refractivity contribution in [1.82, 2.24) is 24.4 Å². The minimum absolute atomic E-state index is 0.340. The van der Waals surface area contributed by atoms with Crippen LogP contribution in [0.15, 0.2) is 6.33 Å². The molecule has 2 fully saturated rings. The normalized spacial score (nSPS) is 22.8. The first kappa shape index (κ1) is 21.3. The summed E-state index contributed by atoms with van der Waals surface area (Å²) in [6.45, 7) is 8.36.